The minimum atomic E-state index is -0.638. The second kappa shape index (κ2) is 9.01. The molecule has 0 spiro atoms. The maximum Gasteiger partial charge on any atom is 0.338 e. The van der Waals surface area contributed by atoms with Gasteiger partial charge < -0.3 is 10.1 Å². The molecule has 0 aliphatic carbocycles. The molecule has 160 valence electrons. The maximum absolute atomic E-state index is 12.8. The van der Waals surface area contributed by atoms with Gasteiger partial charge in [0.2, 0.25) is 0 Å². The van der Waals surface area contributed by atoms with Crippen molar-refractivity contribution in [2.75, 3.05) is 11.9 Å². The molecule has 0 bridgehead atoms. The zero-order valence-electron chi connectivity index (χ0n) is 17.1. The van der Waals surface area contributed by atoms with Gasteiger partial charge in [-0.25, -0.2) is 9.78 Å². The van der Waals surface area contributed by atoms with Crippen molar-refractivity contribution in [2.24, 2.45) is 0 Å². The van der Waals surface area contributed by atoms with Crippen LogP contribution in [0.15, 0.2) is 45.7 Å². The fourth-order valence-corrected chi connectivity index (χ4v) is 4.19. The van der Waals surface area contributed by atoms with Gasteiger partial charge >= 0.3 is 5.97 Å². The van der Waals surface area contributed by atoms with E-state index in [-0.39, 0.29) is 11.1 Å². The zero-order valence-corrected chi connectivity index (χ0v) is 18.7. The average molecular weight is 484 g/mol. The maximum atomic E-state index is 12.8. The standard InChI is InChI=1S/C23H22BrN3O4/c1-14-11-16(24)7-9-18(14)26-21(28)13-31-23(30)15-6-8-17-19(12-15)25-20-5-3-2-4-10-27(20)22(17)29/h6-9,11-12H,2-5,10,13H2,1H3,(H,26,28). The Kier molecular flexibility index (Phi) is 6.18. The van der Waals surface area contributed by atoms with Crippen LogP contribution in [0.2, 0.25) is 0 Å². The molecule has 7 nitrogen and oxygen atoms in total. The quantitative estimate of drug-likeness (QED) is 0.566. The number of amides is 1. The van der Waals surface area contributed by atoms with Crippen LogP contribution in [-0.2, 0) is 22.5 Å². The van der Waals surface area contributed by atoms with Gasteiger partial charge in [0, 0.05) is 23.1 Å². The number of ether oxygens (including phenoxy) is 1. The van der Waals surface area contributed by atoms with Crippen molar-refractivity contribution in [1.29, 1.82) is 0 Å². The first-order chi connectivity index (χ1) is 14.9. The molecule has 0 saturated carbocycles. The smallest absolute Gasteiger partial charge is 0.338 e. The van der Waals surface area contributed by atoms with Crippen molar-refractivity contribution in [1.82, 2.24) is 9.55 Å². The van der Waals surface area contributed by atoms with Crippen LogP contribution in [0.25, 0.3) is 10.9 Å². The van der Waals surface area contributed by atoms with Gasteiger partial charge in [0.15, 0.2) is 6.61 Å². The lowest BCUT2D eigenvalue weighted by Crippen LogP contribution is -2.25. The number of aromatic nitrogens is 2. The fourth-order valence-electron chi connectivity index (χ4n) is 3.71. The van der Waals surface area contributed by atoms with Gasteiger partial charge in [-0.15, -0.1) is 0 Å². The van der Waals surface area contributed by atoms with E-state index in [1.807, 2.05) is 19.1 Å². The molecule has 0 saturated heterocycles. The van der Waals surface area contributed by atoms with Crippen LogP contribution in [0.4, 0.5) is 5.69 Å². The Morgan fingerprint density at radius 2 is 2.00 bits per heavy atom. The molecule has 2 heterocycles. The molecule has 1 aliphatic rings. The van der Waals surface area contributed by atoms with E-state index in [1.165, 1.54) is 6.07 Å². The Hall–Kier alpha value is -3.00. The first-order valence-corrected chi connectivity index (χ1v) is 11.0. The molecule has 2 aromatic carbocycles. The summed E-state index contributed by atoms with van der Waals surface area (Å²) < 4.78 is 7.82. The molecule has 31 heavy (non-hydrogen) atoms. The summed E-state index contributed by atoms with van der Waals surface area (Å²) in [6, 6.07) is 10.2. The third-order valence-electron chi connectivity index (χ3n) is 5.35. The minimum absolute atomic E-state index is 0.0777. The largest absolute Gasteiger partial charge is 0.452 e. The Morgan fingerprint density at radius 1 is 1.16 bits per heavy atom. The number of hydrogen-bond donors (Lipinski definition) is 1. The van der Waals surface area contributed by atoms with E-state index in [1.54, 1.807) is 22.8 Å². The van der Waals surface area contributed by atoms with Gasteiger partial charge in [0.05, 0.1) is 16.5 Å². The molecule has 1 N–H and O–H groups in total. The highest BCUT2D eigenvalue weighted by Crippen LogP contribution is 2.20. The lowest BCUT2D eigenvalue weighted by molar-refractivity contribution is -0.119. The molecular weight excluding hydrogens is 462 g/mol. The summed E-state index contributed by atoms with van der Waals surface area (Å²) in [5.41, 5.74) is 2.19. The molecule has 0 radical (unpaired) electrons. The molecule has 1 aliphatic heterocycles. The van der Waals surface area contributed by atoms with Gasteiger partial charge in [-0.05, 0) is 61.7 Å². The Labute approximate surface area is 187 Å². The molecule has 0 atom stereocenters. The lowest BCUT2D eigenvalue weighted by atomic mass is 10.1. The van der Waals surface area contributed by atoms with Gasteiger partial charge in [-0.2, -0.15) is 0 Å². The minimum Gasteiger partial charge on any atom is -0.452 e. The third-order valence-corrected chi connectivity index (χ3v) is 5.84. The zero-order chi connectivity index (χ0) is 22.0. The monoisotopic (exact) mass is 483 g/mol. The summed E-state index contributed by atoms with van der Waals surface area (Å²) in [6.45, 7) is 2.14. The van der Waals surface area contributed by atoms with Crippen molar-refractivity contribution in [2.45, 2.75) is 39.2 Å². The number of esters is 1. The highest BCUT2D eigenvalue weighted by Gasteiger charge is 2.16. The Bertz CT molecular complexity index is 1240. The summed E-state index contributed by atoms with van der Waals surface area (Å²) in [7, 11) is 0. The van der Waals surface area contributed by atoms with Crippen LogP contribution in [0.3, 0.4) is 0 Å². The van der Waals surface area contributed by atoms with Crippen molar-refractivity contribution in [3.05, 3.63) is 68.2 Å². The molecule has 3 aromatic rings. The molecular formula is C23H22BrN3O4. The van der Waals surface area contributed by atoms with Crippen LogP contribution in [0.1, 0.15) is 41.0 Å². The van der Waals surface area contributed by atoms with Crippen LogP contribution < -0.4 is 10.9 Å². The van der Waals surface area contributed by atoms with Crippen LogP contribution in [-0.4, -0.2) is 28.0 Å². The summed E-state index contributed by atoms with van der Waals surface area (Å²) in [5, 5.41) is 3.21. The Balaban J connectivity index is 1.47. The summed E-state index contributed by atoms with van der Waals surface area (Å²) >= 11 is 3.38. The SMILES string of the molecule is Cc1cc(Br)ccc1NC(=O)COC(=O)c1ccc2c(=O)n3c(nc2c1)CCCCC3. The highest BCUT2D eigenvalue weighted by molar-refractivity contribution is 9.10. The number of aryl methyl sites for hydroxylation is 2. The van der Waals surface area contributed by atoms with E-state index in [0.717, 1.165) is 41.5 Å². The lowest BCUT2D eigenvalue weighted by Gasteiger charge is -2.11. The van der Waals surface area contributed by atoms with Gasteiger partial charge in [0.25, 0.3) is 11.5 Å². The second-order valence-electron chi connectivity index (χ2n) is 7.61. The first-order valence-electron chi connectivity index (χ1n) is 10.2. The molecule has 1 aromatic heterocycles. The third kappa shape index (κ3) is 4.69. The summed E-state index contributed by atoms with van der Waals surface area (Å²) in [5.74, 6) is -0.313. The fraction of sp³-hybridized carbons (Fsp3) is 0.304. The van der Waals surface area contributed by atoms with Crippen molar-refractivity contribution in [3.8, 4) is 0 Å². The van der Waals surface area contributed by atoms with Gasteiger partial charge in [-0.1, -0.05) is 22.4 Å². The number of benzene rings is 2. The number of nitrogens with one attached hydrogen (secondary N) is 1. The first kappa shape index (κ1) is 21.2. The number of carbonyl (C=O) groups is 2. The topological polar surface area (TPSA) is 90.3 Å². The normalized spacial score (nSPS) is 13.4. The summed E-state index contributed by atoms with van der Waals surface area (Å²) in [6.07, 6.45) is 3.77. The van der Waals surface area contributed by atoms with E-state index in [2.05, 4.69) is 26.2 Å². The van der Waals surface area contributed by atoms with Crippen LogP contribution in [0.5, 0.6) is 0 Å². The van der Waals surface area contributed by atoms with E-state index in [0.29, 0.717) is 23.1 Å². The number of anilines is 1. The number of hydrogen-bond acceptors (Lipinski definition) is 5. The van der Waals surface area contributed by atoms with Gasteiger partial charge in [-0.3, -0.25) is 14.2 Å². The predicted octanol–water partition coefficient (Wildman–Crippen LogP) is 3.99. The van der Waals surface area contributed by atoms with Crippen molar-refractivity contribution in [3.63, 3.8) is 0 Å². The van der Waals surface area contributed by atoms with Gasteiger partial charge in [0.1, 0.15) is 5.82 Å². The predicted molar refractivity (Wildman–Crippen MR) is 121 cm³/mol. The van der Waals surface area contributed by atoms with E-state index in [4.69, 9.17) is 4.74 Å². The number of nitrogens with zero attached hydrogens (tertiary/aromatic N) is 2. The van der Waals surface area contributed by atoms with Crippen molar-refractivity contribution >= 4 is 44.4 Å². The molecule has 1 amide bonds. The van der Waals surface area contributed by atoms with Crippen LogP contribution in [0, 0.1) is 6.92 Å². The summed E-state index contributed by atoms with van der Waals surface area (Å²) in [4.78, 5) is 42.1. The Morgan fingerprint density at radius 3 is 2.81 bits per heavy atom. The number of carbonyl (C=O) groups excluding carboxylic acids is 2. The van der Waals surface area contributed by atoms with Crippen molar-refractivity contribution < 1.29 is 14.3 Å². The molecule has 0 fully saturated rings. The number of fused-ring (bicyclic) bond motifs is 2. The molecule has 4 rings (SSSR count). The molecule has 0 unspecified atom stereocenters. The number of halogens is 1. The van der Waals surface area contributed by atoms with E-state index in [9.17, 15) is 14.4 Å². The van der Waals surface area contributed by atoms with E-state index < -0.39 is 18.5 Å². The van der Waals surface area contributed by atoms with Crippen LogP contribution >= 0.6 is 15.9 Å². The average Bonchev–Trinajstić information content (AvgIpc) is 2.99. The van der Waals surface area contributed by atoms with E-state index >= 15 is 0 Å². The second-order valence-corrected chi connectivity index (χ2v) is 8.53. The highest BCUT2D eigenvalue weighted by atomic mass is 79.9. The number of rotatable bonds is 4. The molecule has 8 heteroatoms.